The molecule has 0 bridgehead atoms. The minimum absolute atomic E-state index is 0.00164. The lowest BCUT2D eigenvalue weighted by Gasteiger charge is -2.32. The zero-order valence-corrected chi connectivity index (χ0v) is 17.0. The van der Waals surface area contributed by atoms with Crippen LogP contribution < -0.4 is 5.32 Å². The summed E-state index contributed by atoms with van der Waals surface area (Å²) >= 11 is 1.50. The van der Waals surface area contributed by atoms with Crippen molar-refractivity contribution in [3.63, 3.8) is 0 Å². The van der Waals surface area contributed by atoms with E-state index in [1.54, 1.807) is 0 Å². The van der Waals surface area contributed by atoms with Crippen molar-refractivity contribution in [3.05, 3.63) is 46.5 Å². The molecule has 3 atom stereocenters. The Balaban J connectivity index is 1.63. The molecule has 3 heterocycles. The quantitative estimate of drug-likeness (QED) is 0.730. The number of amides is 1. The maximum atomic E-state index is 12.8. The van der Waals surface area contributed by atoms with E-state index in [1.165, 1.54) is 11.3 Å². The Labute approximate surface area is 163 Å². The molecule has 6 heteroatoms. The van der Waals surface area contributed by atoms with Crippen LogP contribution in [0.3, 0.4) is 0 Å². The van der Waals surface area contributed by atoms with Crippen LogP contribution in [0.15, 0.2) is 30.3 Å². The molecular formula is C21H25N3O2S. The summed E-state index contributed by atoms with van der Waals surface area (Å²) in [5.74, 6) is -0.00164. The van der Waals surface area contributed by atoms with Crippen LogP contribution in [0.5, 0.6) is 0 Å². The van der Waals surface area contributed by atoms with Crippen molar-refractivity contribution in [3.8, 4) is 5.69 Å². The van der Waals surface area contributed by atoms with Crippen LogP contribution in [0.2, 0.25) is 0 Å². The van der Waals surface area contributed by atoms with Crippen molar-refractivity contribution in [1.82, 2.24) is 15.1 Å². The zero-order valence-electron chi connectivity index (χ0n) is 16.2. The first-order valence-electron chi connectivity index (χ1n) is 9.44. The van der Waals surface area contributed by atoms with E-state index in [1.807, 2.05) is 29.8 Å². The van der Waals surface area contributed by atoms with Gasteiger partial charge in [0.05, 0.1) is 28.5 Å². The molecule has 0 aliphatic carbocycles. The van der Waals surface area contributed by atoms with Crippen LogP contribution >= 0.6 is 11.3 Å². The first kappa shape index (κ1) is 18.2. The molecule has 27 heavy (non-hydrogen) atoms. The van der Waals surface area contributed by atoms with Gasteiger partial charge in [-0.25, -0.2) is 4.68 Å². The van der Waals surface area contributed by atoms with Crippen LogP contribution in [0.25, 0.3) is 15.9 Å². The molecule has 5 nitrogen and oxygen atoms in total. The van der Waals surface area contributed by atoms with Crippen molar-refractivity contribution in [1.29, 1.82) is 0 Å². The number of carbonyl (C=O) groups is 1. The summed E-state index contributed by atoms with van der Waals surface area (Å²) in [7, 11) is 0. The predicted molar refractivity (Wildman–Crippen MR) is 109 cm³/mol. The maximum absolute atomic E-state index is 12.8. The second kappa shape index (κ2) is 7.09. The van der Waals surface area contributed by atoms with Gasteiger partial charge in [0.2, 0.25) is 0 Å². The Morgan fingerprint density at radius 3 is 2.63 bits per heavy atom. The Hall–Kier alpha value is -2.18. The lowest BCUT2D eigenvalue weighted by molar-refractivity contribution is -0.0407. The first-order chi connectivity index (χ1) is 12.9. The minimum Gasteiger partial charge on any atom is -0.375 e. The molecule has 1 aromatic carbocycles. The number of nitrogens with zero attached hydrogens (tertiary/aromatic N) is 2. The molecule has 1 amide bonds. The highest BCUT2D eigenvalue weighted by atomic mass is 32.1. The number of ether oxygens (including phenoxy) is 1. The van der Waals surface area contributed by atoms with Crippen LogP contribution in [0.4, 0.5) is 0 Å². The minimum atomic E-state index is -0.00164. The lowest BCUT2D eigenvalue weighted by atomic mass is 10.00. The van der Waals surface area contributed by atoms with Crippen LogP contribution in [-0.4, -0.2) is 33.9 Å². The Morgan fingerprint density at radius 2 is 1.93 bits per heavy atom. The van der Waals surface area contributed by atoms with Crippen LogP contribution in [0, 0.1) is 13.8 Å². The Kier molecular flexibility index (Phi) is 4.78. The largest absolute Gasteiger partial charge is 0.375 e. The van der Waals surface area contributed by atoms with Gasteiger partial charge >= 0.3 is 0 Å². The molecule has 2 aromatic heterocycles. The maximum Gasteiger partial charge on any atom is 0.261 e. The molecule has 1 N–H and O–H groups in total. The molecule has 1 aliphatic heterocycles. The fourth-order valence-corrected chi connectivity index (χ4v) is 4.98. The molecule has 1 saturated heterocycles. The molecule has 0 radical (unpaired) electrons. The van der Waals surface area contributed by atoms with Gasteiger partial charge < -0.3 is 10.1 Å². The second-order valence-electron chi connectivity index (χ2n) is 7.51. The average Bonchev–Trinajstić information content (AvgIpc) is 3.16. The number of nitrogens with one attached hydrogen (secondary N) is 1. The summed E-state index contributed by atoms with van der Waals surface area (Å²) in [4.78, 5) is 14.6. The third-order valence-corrected chi connectivity index (χ3v) is 6.25. The fourth-order valence-electron chi connectivity index (χ4n) is 3.90. The van der Waals surface area contributed by atoms with Crippen LogP contribution in [0.1, 0.15) is 47.6 Å². The molecule has 1 fully saturated rings. The summed E-state index contributed by atoms with van der Waals surface area (Å²) in [6.07, 6.45) is 2.07. The number of hydrogen-bond donors (Lipinski definition) is 1. The highest BCUT2D eigenvalue weighted by Gasteiger charge is 2.27. The number of carbonyl (C=O) groups excluding carboxylic acids is 1. The van der Waals surface area contributed by atoms with E-state index >= 15 is 0 Å². The van der Waals surface area contributed by atoms with Crippen molar-refractivity contribution in [2.75, 3.05) is 0 Å². The van der Waals surface area contributed by atoms with Gasteiger partial charge in [-0.15, -0.1) is 11.3 Å². The van der Waals surface area contributed by atoms with E-state index in [0.29, 0.717) is 0 Å². The standard InChI is InChI=1S/C21H25N3O2S/c1-12-7-5-6-8-18(12)24-21-17(15(4)23-24)11-19(27-21)20(25)22-16-9-13(2)26-14(3)10-16/h5-8,11,13-14,16H,9-10H2,1-4H3,(H,22,25)/t13-,14+,16?. The number of rotatable bonds is 3. The first-order valence-corrected chi connectivity index (χ1v) is 10.3. The van der Waals surface area contributed by atoms with Crippen molar-refractivity contribution in [2.24, 2.45) is 0 Å². The number of aromatic nitrogens is 2. The average molecular weight is 384 g/mol. The Bertz CT molecular complexity index is 981. The van der Waals surface area contributed by atoms with Crippen molar-refractivity contribution in [2.45, 2.75) is 58.8 Å². The number of thiophene rings is 1. The van der Waals surface area contributed by atoms with Gasteiger partial charge in [-0.05, 0) is 58.2 Å². The molecule has 0 spiro atoms. The number of hydrogen-bond acceptors (Lipinski definition) is 4. The summed E-state index contributed by atoms with van der Waals surface area (Å²) in [5, 5.41) is 8.94. The van der Waals surface area contributed by atoms with E-state index in [0.717, 1.165) is 44.9 Å². The highest BCUT2D eigenvalue weighted by Crippen LogP contribution is 2.31. The number of benzene rings is 1. The Morgan fingerprint density at radius 1 is 1.22 bits per heavy atom. The van der Waals surface area contributed by atoms with Gasteiger partial charge in [0.1, 0.15) is 4.83 Å². The summed E-state index contributed by atoms with van der Waals surface area (Å²) in [5.41, 5.74) is 3.15. The van der Waals surface area contributed by atoms with E-state index in [2.05, 4.69) is 38.2 Å². The molecular weight excluding hydrogens is 358 g/mol. The summed E-state index contributed by atoms with van der Waals surface area (Å²) < 4.78 is 7.73. The van der Waals surface area contributed by atoms with Gasteiger partial charge in [-0.3, -0.25) is 4.79 Å². The van der Waals surface area contributed by atoms with Crippen molar-refractivity contribution < 1.29 is 9.53 Å². The van der Waals surface area contributed by atoms with Gasteiger partial charge in [0.15, 0.2) is 0 Å². The fraction of sp³-hybridized carbons (Fsp3) is 0.429. The number of para-hydroxylation sites is 1. The highest BCUT2D eigenvalue weighted by molar-refractivity contribution is 7.20. The SMILES string of the molecule is Cc1ccccc1-n1nc(C)c2cc(C(=O)NC3C[C@@H](C)O[C@@H](C)C3)sc21. The number of fused-ring (bicyclic) bond motifs is 1. The molecule has 3 aromatic rings. The third kappa shape index (κ3) is 3.51. The van der Waals surface area contributed by atoms with Crippen molar-refractivity contribution >= 4 is 27.5 Å². The molecule has 0 saturated carbocycles. The topological polar surface area (TPSA) is 56.2 Å². The van der Waals surface area contributed by atoms with Gasteiger partial charge in [-0.2, -0.15) is 5.10 Å². The zero-order chi connectivity index (χ0) is 19.1. The molecule has 4 rings (SSSR count). The van der Waals surface area contributed by atoms with E-state index in [4.69, 9.17) is 9.84 Å². The normalized spacial score (nSPS) is 22.9. The lowest BCUT2D eigenvalue weighted by Crippen LogP contribution is -2.43. The predicted octanol–water partition coefficient (Wildman–Crippen LogP) is 4.39. The van der Waals surface area contributed by atoms with E-state index in [-0.39, 0.29) is 24.2 Å². The third-order valence-electron chi connectivity index (χ3n) is 5.14. The smallest absolute Gasteiger partial charge is 0.261 e. The van der Waals surface area contributed by atoms with Crippen LogP contribution in [-0.2, 0) is 4.74 Å². The van der Waals surface area contributed by atoms with Gasteiger partial charge in [-0.1, -0.05) is 18.2 Å². The summed E-state index contributed by atoms with van der Waals surface area (Å²) in [6.45, 7) is 8.20. The number of aryl methyl sites for hydroxylation is 2. The monoisotopic (exact) mass is 383 g/mol. The van der Waals surface area contributed by atoms with E-state index in [9.17, 15) is 4.79 Å². The van der Waals surface area contributed by atoms with Gasteiger partial charge in [0.25, 0.3) is 5.91 Å². The second-order valence-corrected chi connectivity index (χ2v) is 8.54. The van der Waals surface area contributed by atoms with E-state index < -0.39 is 0 Å². The molecule has 1 aliphatic rings. The van der Waals surface area contributed by atoms with Gasteiger partial charge in [0, 0.05) is 11.4 Å². The summed E-state index contributed by atoms with van der Waals surface area (Å²) in [6, 6.07) is 10.3. The molecule has 1 unspecified atom stereocenters. The molecule has 142 valence electrons.